The third-order valence-corrected chi connectivity index (χ3v) is 5.99. The summed E-state index contributed by atoms with van der Waals surface area (Å²) in [5.41, 5.74) is 1.89. The summed E-state index contributed by atoms with van der Waals surface area (Å²) in [4.78, 5) is 0.342. The Kier molecular flexibility index (Phi) is 7.17. The van der Waals surface area contributed by atoms with Crippen molar-refractivity contribution in [2.45, 2.75) is 63.8 Å². The zero-order valence-electron chi connectivity index (χ0n) is 13.4. The molecule has 1 aromatic carbocycles. The molecule has 0 unspecified atom stereocenters. The van der Waals surface area contributed by atoms with Gasteiger partial charge in [-0.3, -0.25) is 0 Å². The van der Waals surface area contributed by atoms with Gasteiger partial charge >= 0.3 is 0 Å². The predicted molar refractivity (Wildman–Crippen MR) is 89.3 cm³/mol. The maximum atomic E-state index is 12.8. The smallest absolute Gasteiger partial charge is 0.207 e. The van der Waals surface area contributed by atoms with E-state index in [1.54, 1.807) is 16.4 Å². The lowest BCUT2D eigenvalue weighted by Gasteiger charge is -2.26. The third kappa shape index (κ3) is 4.70. The Labute approximate surface area is 134 Å². The largest absolute Gasteiger partial charge is 0.243 e. The molecule has 1 rings (SSSR count). The monoisotopic (exact) mass is 331 g/mol. The van der Waals surface area contributed by atoms with Crippen molar-refractivity contribution in [2.75, 3.05) is 6.54 Å². The summed E-state index contributed by atoms with van der Waals surface area (Å²) in [7, 11) is -3.46. The van der Waals surface area contributed by atoms with Gasteiger partial charge in [0.1, 0.15) is 0 Å². The molecule has 0 saturated heterocycles. The van der Waals surface area contributed by atoms with E-state index in [2.05, 4.69) is 6.92 Å². The molecule has 0 aliphatic carbocycles. The number of rotatable bonds is 8. The summed E-state index contributed by atoms with van der Waals surface area (Å²) in [5.74, 6) is 0.326. The van der Waals surface area contributed by atoms with Crippen LogP contribution in [0.2, 0.25) is 0 Å². The SMILES string of the molecule is CCCCCN(C(C)C)S(=O)(=O)c1ccc(C)c(CCl)c1. The molecule has 0 atom stereocenters. The standard InChI is InChI=1S/C16H26ClNO2S/c1-5-6-7-10-18(13(2)3)21(19,20)16-9-8-14(4)15(11-16)12-17/h8-9,11,13H,5-7,10,12H2,1-4H3. The highest BCUT2D eigenvalue weighted by Gasteiger charge is 2.26. The molecule has 0 fully saturated rings. The quantitative estimate of drug-likeness (QED) is 0.525. The number of aryl methyl sites for hydroxylation is 1. The zero-order valence-corrected chi connectivity index (χ0v) is 15.0. The van der Waals surface area contributed by atoms with Gasteiger partial charge in [-0.15, -0.1) is 11.6 Å². The van der Waals surface area contributed by atoms with Crippen LogP contribution in [0.1, 0.15) is 51.2 Å². The van der Waals surface area contributed by atoms with Gasteiger partial charge in [0, 0.05) is 18.5 Å². The van der Waals surface area contributed by atoms with Crippen LogP contribution in [-0.2, 0) is 15.9 Å². The molecule has 0 aliphatic heterocycles. The van der Waals surface area contributed by atoms with Crippen molar-refractivity contribution in [3.8, 4) is 0 Å². The van der Waals surface area contributed by atoms with Gasteiger partial charge in [-0.2, -0.15) is 4.31 Å². The van der Waals surface area contributed by atoms with E-state index in [-0.39, 0.29) is 6.04 Å². The van der Waals surface area contributed by atoms with E-state index in [1.165, 1.54) is 0 Å². The number of hydrogen-bond donors (Lipinski definition) is 0. The van der Waals surface area contributed by atoms with Crippen LogP contribution in [0.4, 0.5) is 0 Å². The number of hydrogen-bond acceptors (Lipinski definition) is 2. The number of unbranched alkanes of at least 4 members (excludes halogenated alkanes) is 2. The fourth-order valence-electron chi connectivity index (χ4n) is 2.26. The van der Waals surface area contributed by atoms with Crippen molar-refractivity contribution in [3.05, 3.63) is 29.3 Å². The second-order valence-electron chi connectivity index (χ2n) is 5.64. The van der Waals surface area contributed by atoms with Gasteiger partial charge in [0.05, 0.1) is 4.90 Å². The van der Waals surface area contributed by atoms with Crippen LogP contribution in [0.5, 0.6) is 0 Å². The number of nitrogens with zero attached hydrogens (tertiary/aromatic N) is 1. The summed E-state index contributed by atoms with van der Waals surface area (Å²) in [6.07, 6.45) is 3.01. The average Bonchev–Trinajstić information content (AvgIpc) is 2.43. The molecule has 0 N–H and O–H groups in total. The molecule has 1 aromatic rings. The zero-order chi connectivity index (χ0) is 16.0. The number of sulfonamides is 1. The Hall–Kier alpha value is -0.580. The number of halogens is 1. The van der Waals surface area contributed by atoms with Crippen molar-refractivity contribution in [1.29, 1.82) is 0 Å². The molecular formula is C16H26ClNO2S. The van der Waals surface area contributed by atoms with E-state index >= 15 is 0 Å². The minimum atomic E-state index is -3.46. The maximum Gasteiger partial charge on any atom is 0.243 e. The normalized spacial score (nSPS) is 12.3. The first kappa shape index (κ1) is 18.5. The van der Waals surface area contributed by atoms with Gasteiger partial charge in [0.25, 0.3) is 0 Å². The van der Waals surface area contributed by atoms with Crippen molar-refractivity contribution >= 4 is 21.6 Å². The van der Waals surface area contributed by atoms with Crippen LogP contribution >= 0.6 is 11.6 Å². The second kappa shape index (κ2) is 8.16. The first-order valence-corrected chi connectivity index (χ1v) is 9.49. The van der Waals surface area contributed by atoms with Crippen molar-refractivity contribution < 1.29 is 8.42 Å². The molecule has 0 saturated carbocycles. The first-order valence-electron chi connectivity index (χ1n) is 7.52. The first-order chi connectivity index (χ1) is 9.84. The van der Waals surface area contributed by atoms with E-state index < -0.39 is 10.0 Å². The minimum absolute atomic E-state index is 0.0485. The Balaban J connectivity index is 3.10. The second-order valence-corrected chi connectivity index (χ2v) is 7.80. The van der Waals surface area contributed by atoms with Gasteiger partial charge < -0.3 is 0 Å². The van der Waals surface area contributed by atoms with E-state index in [4.69, 9.17) is 11.6 Å². The molecule has 5 heteroatoms. The Morgan fingerprint density at radius 2 is 1.90 bits per heavy atom. The van der Waals surface area contributed by atoms with Gasteiger partial charge in [0.2, 0.25) is 10.0 Å². The summed E-state index contributed by atoms with van der Waals surface area (Å²) in [5, 5.41) is 0. The highest BCUT2D eigenvalue weighted by atomic mass is 35.5. The van der Waals surface area contributed by atoms with Crippen LogP contribution < -0.4 is 0 Å². The van der Waals surface area contributed by atoms with Crippen LogP contribution in [0.25, 0.3) is 0 Å². The summed E-state index contributed by atoms with van der Waals surface area (Å²) in [6.45, 7) is 8.45. The van der Waals surface area contributed by atoms with Crippen molar-refractivity contribution in [2.24, 2.45) is 0 Å². The molecule has 3 nitrogen and oxygen atoms in total. The maximum absolute atomic E-state index is 12.8. The number of benzene rings is 1. The van der Waals surface area contributed by atoms with E-state index in [1.807, 2.05) is 26.8 Å². The van der Waals surface area contributed by atoms with Crippen molar-refractivity contribution in [3.63, 3.8) is 0 Å². The van der Waals surface area contributed by atoms with Gasteiger partial charge in [-0.05, 0) is 50.5 Å². The Morgan fingerprint density at radius 1 is 1.24 bits per heavy atom. The molecule has 0 heterocycles. The third-order valence-electron chi connectivity index (χ3n) is 3.63. The van der Waals surface area contributed by atoms with E-state index in [9.17, 15) is 8.42 Å². The molecule has 21 heavy (non-hydrogen) atoms. The molecule has 0 aromatic heterocycles. The number of alkyl halides is 1. The molecule has 0 aliphatic rings. The van der Waals surface area contributed by atoms with Gasteiger partial charge in [0.15, 0.2) is 0 Å². The van der Waals surface area contributed by atoms with Gasteiger partial charge in [-0.25, -0.2) is 8.42 Å². The van der Waals surface area contributed by atoms with Crippen LogP contribution in [0.15, 0.2) is 23.1 Å². The summed E-state index contributed by atoms with van der Waals surface area (Å²) in [6, 6.07) is 5.16. The molecule has 0 amide bonds. The summed E-state index contributed by atoms with van der Waals surface area (Å²) < 4.78 is 27.2. The van der Waals surface area contributed by atoms with Crippen LogP contribution in [0, 0.1) is 6.92 Å². The molecule has 0 spiro atoms. The average molecular weight is 332 g/mol. The van der Waals surface area contributed by atoms with E-state index in [0.29, 0.717) is 17.3 Å². The predicted octanol–water partition coefficient (Wildman–Crippen LogP) is 4.32. The van der Waals surface area contributed by atoms with Gasteiger partial charge in [-0.1, -0.05) is 25.8 Å². The van der Waals surface area contributed by atoms with Crippen LogP contribution in [0.3, 0.4) is 0 Å². The topological polar surface area (TPSA) is 37.4 Å². The highest BCUT2D eigenvalue weighted by Crippen LogP contribution is 2.22. The van der Waals surface area contributed by atoms with Crippen molar-refractivity contribution in [1.82, 2.24) is 4.31 Å². The highest BCUT2D eigenvalue weighted by molar-refractivity contribution is 7.89. The minimum Gasteiger partial charge on any atom is -0.207 e. The molecule has 0 bridgehead atoms. The Bertz CT molecular complexity index is 555. The summed E-state index contributed by atoms with van der Waals surface area (Å²) >= 11 is 5.89. The fourth-order valence-corrected chi connectivity index (χ4v) is 4.28. The van der Waals surface area contributed by atoms with Crippen LogP contribution in [-0.4, -0.2) is 25.3 Å². The fraction of sp³-hybridized carbons (Fsp3) is 0.625. The lowest BCUT2D eigenvalue weighted by Crippen LogP contribution is -2.37. The molecular weight excluding hydrogens is 306 g/mol. The lowest BCUT2D eigenvalue weighted by molar-refractivity contribution is 0.345. The Morgan fingerprint density at radius 3 is 2.43 bits per heavy atom. The molecule has 120 valence electrons. The lowest BCUT2D eigenvalue weighted by atomic mass is 10.1. The molecule has 0 radical (unpaired) electrons. The van der Waals surface area contributed by atoms with E-state index in [0.717, 1.165) is 30.4 Å².